The summed E-state index contributed by atoms with van der Waals surface area (Å²) in [6.45, 7) is 4.26. The lowest BCUT2D eigenvalue weighted by Crippen LogP contribution is -2.14. The zero-order valence-corrected chi connectivity index (χ0v) is 11.3. The van der Waals surface area contributed by atoms with Crippen LogP contribution in [0.1, 0.15) is 29.3 Å². The Morgan fingerprint density at radius 3 is 2.69 bits per heavy atom. The maximum atomic E-state index is 4.26. The molecule has 5 heteroatoms. The summed E-state index contributed by atoms with van der Waals surface area (Å²) < 4.78 is 0. The maximum Gasteiger partial charge on any atom is 0.157 e. The number of aryl methyl sites for hydroxylation is 1. The molecule has 0 radical (unpaired) electrons. The standard InChI is InChI=1S/C11H15N3S2/c1-4-8(12-3)10-13-14-11(16-10)9-6-5-7(2)15-9/h5-6,8,12H,4H2,1-3H3. The lowest BCUT2D eigenvalue weighted by molar-refractivity contribution is 0.568. The molecule has 0 spiro atoms. The maximum absolute atomic E-state index is 4.26. The number of nitrogens with zero attached hydrogens (tertiary/aromatic N) is 2. The van der Waals surface area contributed by atoms with Crippen LogP contribution in [0, 0.1) is 6.92 Å². The van der Waals surface area contributed by atoms with Crippen LogP contribution in [0.2, 0.25) is 0 Å². The van der Waals surface area contributed by atoms with Crippen molar-refractivity contribution in [1.82, 2.24) is 15.5 Å². The van der Waals surface area contributed by atoms with Gasteiger partial charge in [-0.15, -0.1) is 21.5 Å². The van der Waals surface area contributed by atoms with Crippen LogP contribution in [0.25, 0.3) is 9.88 Å². The largest absolute Gasteiger partial charge is 0.311 e. The van der Waals surface area contributed by atoms with Crippen LogP contribution in [0.4, 0.5) is 0 Å². The van der Waals surface area contributed by atoms with Crippen molar-refractivity contribution in [1.29, 1.82) is 0 Å². The molecule has 86 valence electrons. The minimum Gasteiger partial charge on any atom is -0.311 e. The van der Waals surface area contributed by atoms with Crippen LogP contribution in [0.5, 0.6) is 0 Å². The van der Waals surface area contributed by atoms with Crippen molar-refractivity contribution in [2.75, 3.05) is 7.05 Å². The summed E-state index contributed by atoms with van der Waals surface area (Å²) in [6, 6.07) is 4.56. The third-order valence-electron chi connectivity index (χ3n) is 2.45. The highest BCUT2D eigenvalue weighted by Crippen LogP contribution is 2.32. The molecule has 16 heavy (non-hydrogen) atoms. The molecule has 1 unspecified atom stereocenters. The van der Waals surface area contributed by atoms with Gasteiger partial charge >= 0.3 is 0 Å². The quantitative estimate of drug-likeness (QED) is 0.909. The number of nitrogens with one attached hydrogen (secondary N) is 1. The molecular formula is C11H15N3S2. The van der Waals surface area contributed by atoms with Crippen molar-refractivity contribution < 1.29 is 0 Å². The molecule has 2 aromatic heterocycles. The highest BCUT2D eigenvalue weighted by atomic mass is 32.1. The van der Waals surface area contributed by atoms with Crippen LogP contribution in [-0.4, -0.2) is 17.2 Å². The van der Waals surface area contributed by atoms with Gasteiger partial charge in [0.1, 0.15) is 5.01 Å². The first-order chi connectivity index (χ1) is 7.74. The highest BCUT2D eigenvalue weighted by molar-refractivity contribution is 7.21. The van der Waals surface area contributed by atoms with Gasteiger partial charge in [-0.1, -0.05) is 18.3 Å². The van der Waals surface area contributed by atoms with Gasteiger partial charge in [-0.25, -0.2) is 0 Å². The minimum absolute atomic E-state index is 0.326. The van der Waals surface area contributed by atoms with Gasteiger partial charge < -0.3 is 5.32 Å². The Balaban J connectivity index is 2.25. The van der Waals surface area contributed by atoms with E-state index in [0.717, 1.165) is 16.4 Å². The monoisotopic (exact) mass is 253 g/mol. The second kappa shape index (κ2) is 5.03. The second-order valence-electron chi connectivity index (χ2n) is 3.61. The predicted octanol–water partition coefficient (Wildman–Crippen LogP) is 3.25. The molecule has 3 nitrogen and oxygen atoms in total. The molecule has 0 aliphatic carbocycles. The van der Waals surface area contributed by atoms with Crippen LogP contribution in [0.15, 0.2) is 12.1 Å². The van der Waals surface area contributed by atoms with Gasteiger partial charge in [-0.2, -0.15) is 0 Å². The molecule has 0 saturated carbocycles. The van der Waals surface area contributed by atoms with Gasteiger partial charge in [0, 0.05) is 4.88 Å². The van der Waals surface area contributed by atoms with Gasteiger partial charge in [-0.3, -0.25) is 0 Å². The Hall–Kier alpha value is -0.780. The molecule has 0 saturated heterocycles. The van der Waals surface area contributed by atoms with Crippen molar-refractivity contribution in [2.45, 2.75) is 26.3 Å². The van der Waals surface area contributed by atoms with Crippen LogP contribution >= 0.6 is 22.7 Å². The molecule has 2 aromatic rings. The molecule has 2 heterocycles. The summed E-state index contributed by atoms with van der Waals surface area (Å²) in [5.41, 5.74) is 0. The predicted molar refractivity (Wildman–Crippen MR) is 70.1 cm³/mol. The third kappa shape index (κ3) is 2.31. The molecule has 0 bridgehead atoms. The Morgan fingerprint density at radius 1 is 1.31 bits per heavy atom. The summed E-state index contributed by atoms with van der Waals surface area (Å²) in [7, 11) is 1.96. The number of aromatic nitrogens is 2. The summed E-state index contributed by atoms with van der Waals surface area (Å²) >= 11 is 3.45. The van der Waals surface area contributed by atoms with Crippen LogP contribution in [-0.2, 0) is 0 Å². The van der Waals surface area contributed by atoms with E-state index in [1.54, 1.807) is 22.7 Å². The number of thiophene rings is 1. The van der Waals surface area contributed by atoms with Gasteiger partial charge in [0.15, 0.2) is 5.01 Å². The van der Waals surface area contributed by atoms with Gasteiger partial charge in [0.2, 0.25) is 0 Å². The fourth-order valence-electron chi connectivity index (χ4n) is 1.53. The Labute approximate surface area is 104 Å². The number of hydrogen-bond donors (Lipinski definition) is 1. The van der Waals surface area contributed by atoms with E-state index in [-0.39, 0.29) is 0 Å². The zero-order valence-electron chi connectivity index (χ0n) is 9.65. The van der Waals surface area contributed by atoms with E-state index in [4.69, 9.17) is 0 Å². The average Bonchev–Trinajstić information content (AvgIpc) is 2.89. The topological polar surface area (TPSA) is 37.8 Å². The smallest absolute Gasteiger partial charge is 0.157 e. The first-order valence-corrected chi connectivity index (χ1v) is 6.95. The minimum atomic E-state index is 0.326. The molecule has 0 aliphatic rings. The summed E-state index contributed by atoms with van der Waals surface area (Å²) in [5, 5.41) is 13.9. The fraction of sp³-hybridized carbons (Fsp3) is 0.455. The summed E-state index contributed by atoms with van der Waals surface area (Å²) in [5.74, 6) is 0. The SMILES string of the molecule is CCC(NC)c1nnc(-c2ccc(C)s2)s1. The molecule has 0 aliphatic heterocycles. The van der Waals surface area contributed by atoms with E-state index in [9.17, 15) is 0 Å². The van der Waals surface area contributed by atoms with Crippen molar-refractivity contribution in [3.05, 3.63) is 22.0 Å². The van der Waals surface area contributed by atoms with Gasteiger partial charge in [-0.05, 0) is 32.5 Å². The van der Waals surface area contributed by atoms with Crippen molar-refractivity contribution in [3.63, 3.8) is 0 Å². The van der Waals surface area contributed by atoms with Crippen molar-refractivity contribution in [2.24, 2.45) is 0 Å². The van der Waals surface area contributed by atoms with Crippen molar-refractivity contribution in [3.8, 4) is 9.88 Å². The summed E-state index contributed by atoms with van der Waals surface area (Å²) in [4.78, 5) is 2.53. The number of rotatable bonds is 4. The molecule has 1 N–H and O–H groups in total. The molecule has 0 amide bonds. The molecule has 0 aromatic carbocycles. The zero-order chi connectivity index (χ0) is 11.5. The molecule has 1 atom stereocenters. The first kappa shape index (κ1) is 11.7. The van der Waals surface area contributed by atoms with E-state index in [2.05, 4.69) is 41.5 Å². The number of hydrogen-bond acceptors (Lipinski definition) is 5. The first-order valence-electron chi connectivity index (χ1n) is 5.32. The van der Waals surface area contributed by atoms with E-state index >= 15 is 0 Å². The van der Waals surface area contributed by atoms with E-state index < -0.39 is 0 Å². The van der Waals surface area contributed by atoms with Gasteiger partial charge in [0.25, 0.3) is 0 Å². The fourth-order valence-corrected chi connectivity index (χ4v) is 3.48. The third-order valence-corrected chi connectivity index (χ3v) is 4.65. The van der Waals surface area contributed by atoms with Crippen LogP contribution < -0.4 is 5.32 Å². The van der Waals surface area contributed by atoms with Crippen molar-refractivity contribution >= 4 is 22.7 Å². The van der Waals surface area contributed by atoms with Gasteiger partial charge in [0.05, 0.1) is 10.9 Å². The lowest BCUT2D eigenvalue weighted by Gasteiger charge is -2.07. The van der Waals surface area contributed by atoms with E-state index in [1.807, 2.05) is 7.05 Å². The van der Waals surface area contributed by atoms with E-state index in [1.165, 1.54) is 9.75 Å². The molecular weight excluding hydrogens is 238 g/mol. The van der Waals surface area contributed by atoms with E-state index in [0.29, 0.717) is 6.04 Å². The Bertz CT molecular complexity index is 457. The van der Waals surface area contributed by atoms with Crippen LogP contribution in [0.3, 0.4) is 0 Å². The normalized spacial score (nSPS) is 12.9. The Morgan fingerprint density at radius 2 is 2.12 bits per heavy atom. The lowest BCUT2D eigenvalue weighted by atomic mass is 10.2. The Kier molecular flexibility index (Phi) is 3.68. The summed E-state index contributed by atoms with van der Waals surface area (Å²) in [6.07, 6.45) is 1.04. The highest BCUT2D eigenvalue weighted by Gasteiger charge is 2.14. The average molecular weight is 253 g/mol. The molecule has 2 rings (SSSR count). The second-order valence-corrected chi connectivity index (χ2v) is 5.90. The molecule has 0 fully saturated rings.